The Labute approximate surface area is 186 Å². The van der Waals surface area contributed by atoms with Crippen LogP contribution in [0.3, 0.4) is 0 Å². The van der Waals surface area contributed by atoms with E-state index in [1.165, 1.54) is 6.92 Å². The molecule has 3 aromatic rings. The number of rotatable bonds is 10. The number of ether oxygens (including phenoxy) is 3. The average molecular weight is 432 g/mol. The van der Waals surface area contributed by atoms with E-state index in [4.69, 9.17) is 9.47 Å². The van der Waals surface area contributed by atoms with Gasteiger partial charge >= 0.3 is 5.97 Å². The third kappa shape index (κ3) is 7.53. The molecule has 7 nitrogen and oxygen atoms in total. The van der Waals surface area contributed by atoms with Gasteiger partial charge in [-0.15, -0.1) is 0 Å². The van der Waals surface area contributed by atoms with Gasteiger partial charge < -0.3 is 24.8 Å². The summed E-state index contributed by atoms with van der Waals surface area (Å²) in [4.78, 5) is 22.4. The molecule has 0 aliphatic heterocycles. The molecule has 3 rings (SSSR count). The molecule has 164 valence electrons. The van der Waals surface area contributed by atoms with Crippen LogP contribution in [0.2, 0.25) is 0 Å². The van der Waals surface area contributed by atoms with E-state index < -0.39 is 11.9 Å². The lowest BCUT2D eigenvalue weighted by molar-refractivity contribution is -0.144. The van der Waals surface area contributed by atoms with Gasteiger partial charge in [0, 0.05) is 24.0 Å². The van der Waals surface area contributed by atoms with Gasteiger partial charge in [0.15, 0.2) is 6.61 Å². The van der Waals surface area contributed by atoms with Crippen LogP contribution in [0.1, 0.15) is 6.92 Å². The Balaban J connectivity index is 1.46. The molecule has 0 spiro atoms. The molecular weight excluding hydrogens is 408 g/mol. The van der Waals surface area contributed by atoms with Crippen molar-refractivity contribution in [3.05, 3.63) is 91.1 Å². The number of carbonyl (C=O) groups is 2. The molecule has 0 aliphatic rings. The van der Waals surface area contributed by atoms with Crippen LogP contribution < -0.4 is 20.1 Å². The molecule has 2 N–H and O–H groups in total. The first-order valence-corrected chi connectivity index (χ1v) is 9.92. The van der Waals surface area contributed by atoms with Crippen molar-refractivity contribution < 1.29 is 23.8 Å². The van der Waals surface area contributed by atoms with Gasteiger partial charge in [0.25, 0.3) is 5.91 Å². The van der Waals surface area contributed by atoms with Crippen LogP contribution in [-0.2, 0) is 14.3 Å². The van der Waals surface area contributed by atoms with Crippen molar-refractivity contribution in [2.45, 2.75) is 6.92 Å². The molecule has 32 heavy (non-hydrogen) atoms. The summed E-state index contributed by atoms with van der Waals surface area (Å²) in [5.41, 5.74) is 2.17. The van der Waals surface area contributed by atoms with Gasteiger partial charge in [-0.1, -0.05) is 24.8 Å². The lowest BCUT2D eigenvalue weighted by atomic mass is 10.2. The van der Waals surface area contributed by atoms with Crippen molar-refractivity contribution in [3.63, 3.8) is 0 Å². The SMILES string of the molecule is C=C(COc1ccccc1)Nc1ccc(Oc2ccc(NC(=O)COC(C)=O)cc2)cc1. The predicted molar refractivity (Wildman–Crippen MR) is 123 cm³/mol. The number of amides is 1. The third-order valence-electron chi connectivity index (χ3n) is 4.11. The maximum absolute atomic E-state index is 11.7. The van der Waals surface area contributed by atoms with Gasteiger partial charge in [0.05, 0.1) is 0 Å². The first-order chi connectivity index (χ1) is 15.5. The van der Waals surface area contributed by atoms with Crippen molar-refractivity contribution in [1.82, 2.24) is 0 Å². The summed E-state index contributed by atoms with van der Waals surface area (Å²) in [6, 6.07) is 23.9. The predicted octanol–water partition coefficient (Wildman–Crippen LogP) is 4.99. The van der Waals surface area contributed by atoms with Gasteiger partial charge in [-0.25, -0.2) is 0 Å². The average Bonchev–Trinajstić information content (AvgIpc) is 2.80. The van der Waals surface area contributed by atoms with Crippen LogP contribution >= 0.6 is 0 Å². The van der Waals surface area contributed by atoms with E-state index in [2.05, 4.69) is 21.9 Å². The minimum atomic E-state index is -0.505. The number of anilines is 2. The van der Waals surface area contributed by atoms with E-state index in [0.717, 1.165) is 17.1 Å². The number of hydrogen-bond acceptors (Lipinski definition) is 6. The largest absolute Gasteiger partial charge is 0.487 e. The fourth-order valence-electron chi connectivity index (χ4n) is 2.64. The minimum Gasteiger partial charge on any atom is -0.487 e. The van der Waals surface area contributed by atoms with E-state index >= 15 is 0 Å². The molecule has 3 aromatic carbocycles. The molecule has 0 bridgehead atoms. The fraction of sp³-hybridized carbons (Fsp3) is 0.120. The zero-order valence-electron chi connectivity index (χ0n) is 17.7. The number of hydrogen-bond donors (Lipinski definition) is 2. The van der Waals surface area contributed by atoms with Crippen LogP contribution in [0.5, 0.6) is 17.2 Å². The topological polar surface area (TPSA) is 85.9 Å². The van der Waals surface area contributed by atoms with Crippen molar-refractivity contribution in [2.75, 3.05) is 23.8 Å². The highest BCUT2D eigenvalue weighted by molar-refractivity contribution is 5.92. The van der Waals surface area contributed by atoms with E-state index in [0.29, 0.717) is 23.8 Å². The lowest BCUT2D eigenvalue weighted by Gasteiger charge is -2.12. The van der Waals surface area contributed by atoms with Crippen LogP contribution in [0.4, 0.5) is 11.4 Å². The number of nitrogens with one attached hydrogen (secondary N) is 2. The van der Waals surface area contributed by atoms with Crippen molar-refractivity contribution >= 4 is 23.3 Å². The normalized spacial score (nSPS) is 10.0. The van der Waals surface area contributed by atoms with Gasteiger partial charge in [0.2, 0.25) is 0 Å². The minimum absolute atomic E-state index is 0.321. The molecular formula is C25H24N2O5. The second-order valence-electron chi connectivity index (χ2n) is 6.81. The summed E-state index contributed by atoms with van der Waals surface area (Å²) < 4.78 is 16.1. The highest BCUT2D eigenvalue weighted by atomic mass is 16.5. The van der Waals surface area contributed by atoms with Gasteiger partial charge in [0.1, 0.15) is 23.9 Å². The van der Waals surface area contributed by atoms with Crippen molar-refractivity contribution in [3.8, 4) is 17.2 Å². The summed E-state index contributed by atoms with van der Waals surface area (Å²) in [5, 5.41) is 5.84. The van der Waals surface area contributed by atoms with Crippen LogP contribution in [-0.4, -0.2) is 25.1 Å². The van der Waals surface area contributed by atoms with E-state index in [9.17, 15) is 9.59 Å². The third-order valence-corrected chi connectivity index (χ3v) is 4.11. The van der Waals surface area contributed by atoms with Crippen LogP contribution in [0, 0.1) is 0 Å². The molecule has 0 heterocycles. The Kier molecular flexibility index (Phi) is 7.86. The molecule has 0 radical (unpaired) electrons. The standard InChI is InChI=1S/C25H24N2O5/c1-18(16-31-22-6-4-3-5-7-22)26-20-8-12-23(13-9-20)32-24-14-10-21(11-15-24)27-25(29)17-30-19(2)28/h3-15,26H,1,16-17H2,2H3,(H,27,29). The maximum Gasteiger partial charge on any atom is 0.303 e. The second-order valence-corrected chi connectivity index (χ2v) is 6.81. The van der Waals surface area contributed by atoms with E-state index in [1.54, 1.807) is 24.3 Å². The molecule has 0 fully saturated rings. The maximum atomic E-state index is 11.7. The van der Waals surface area contributed by atoms with Gasteiger partial charge in [-0.2, -0.15) is 0 Å². The van der Waals surface area contributed by atoms with Crippen LogP contribution in [0.25, 0.3) is 0 Å². The van der Waals surface area contributed by atoms with Crippen molar-refractivity contribution in [1.29, 1.82) is 0 Å². The van der Waals surface area contributed by atoms with Crippen molar-refractivity contribution in [2.24, 2.45) is 0 Å². The Morgan fingerprint density at radius 3 is 1.88 bits per heavy atom. The zero-order valence-corrected chi connectivity index (χ0v) is 17.7. The number of benzene rings is 3. The molecule has 7 heteroatoms. The Bertz CT molecular complexity index is 1050. The number of carbonyl (C=O) groups excluding carboxylic acids is 2. The van der Waals surface area contributed by atoms with Gasteiger partial charge in [-0.05, 0) is 60.7 Å². The van der Waals surface area contributed by atoms with Crippen LogP contribution in [0.15, 0.2) is 91.1 Å². The smallest absolute Gasteiger partial charge is 0.303 e. The highest BCUT2D eigenvalue weighted by Gasteiger charge is 2.05. The van der Waals surface area contributed by atoms with E-state index in [-0.39, 0.29) is 6.61 Å². The van der Waals surface area contributed by atoms with Gasteiger partial charge in [-0.3, -0.25) is 9.59 Å². The number of para-hydroxylation sites is 1. The summed E-state index contributed by atoms with van der Waals surface area (Å²) in [7, 11) is 0. The summed E-state index contributed by atoms with van der Waals surface area (Å²) in [6.07, 6.45) is 0. The summed E-state index contributed by atoms with van der Waals surface area (Å²) in [5.74, 6) is 1.15. The second kappa shape index (κ2) is 11.2. The molecule has 1 amide bonds. The highest BCUT2D eigenvalue weighted by Crippen LogP contribution is 2.25. The fourth-order valence-corrected chi connectivity index (χ4v) is 2.64. The summed E-state index contributed by atoms with van der Waals surface area (Å²) >= 11 is 0. The monoisotopic (exact) mass is 432 g/mol. The zero-order chi connectivity index (χ0) is 22.8. The number of esters is 1. The lowest BCUT2D eigenvalue weighted by Crippen LogP contribution is -2.19. The first kappa shape index (κ1) is 22.4. The first-order valence-electron chi connectivity index (χ1n) is 9.92. The molecule has 0 saturated heterocycles. The molecule has 0 aromatic heterocycles. The summed E-state index contributed by atoms with van der Waals surface area (Å²) in [6.45, 7) is 5.26. The Hall–Kier alpha value is -4.26. The Morgan fingerprint density at radius 2 is 1.31 bits per heavy atom. The van der Waals surface area contributed by atoms with E-state index in [1.807, 2.05) is 54.6 Å². The quantitative estimate of drug-likeness (QED) is 0.439. The molecule has 0 aliphatic carbocycles. The molecule has 0 unspecified atom stereocenters. The Morgan fingerprint density at radius 1 is 0.750 bits per heavy atom. The molecule has 0 atom stereocenters. The molecule has 0 saturated carbocycles.